The Balaban J connectivity index is 1.74. The van der Waals surface area contributed by atoms with Crippen molar-refractivity contribution in [2.24, 2.45) is 0 Å². The molecule has 1 aromatic carbocycles. The molecular formula is C15H15NO5. The predicted molar refractivity (Wildman–Crippen MR) is 73.1 cm³/mol. The first kappa shape index (κ1) is 14.9. The van der Waals surface area contributed by atoms with Gasteiger partial charge in [0.25, 0.3) is 11.8 Å². The Morgan fingerprint density at radius 2 is 1.71 bits per heavy atom. The number of hydrogen-bond acceptors (Lipinski definition) is 5. The van der Waals surface area contributed by atoms with E-state index >= 15 is 0 Å². The van der Waals surface area contributed by atoms with E-state index in [1.807, 2.05) is 0 Å². The second-order valence-electron chi connectivity index (χ2n) is 4.54. The third kappa shape index (κ3) is 4.00. The Bertz CT molecular complexity index is 558. The molecule has 0 aromatic heterocycles. The van der Waals surface area contributed by atoms with Gasteiger partial charge in [-0.05, 0) is 24.1 Å². The number of benzene rings is 1. The second-order valence-corrected chi connectivity index (χ2v) is 4.54. The maximum atomic E-state index is 11.6. The fourth-order valence-electron chi connectivity index (χ4n) is 1.88. The Labute approximate surface area is 121 Å². The average molecular weight is 289 g/mol. The van der Waals surface area contributed by atoms with Gasteiger partial charge in [-0.25, -0.2) is 0 Å². The van der Waals surface area contributed by atoms with E-state index in [4.69, 9.17) is 9.84 Å². The summed E-state index contributed by atoms with van der Waals surface area (Å²) in [6.07, 6.45) is 2.89. The zero-order chi connectivity index (χ0) is 15.2. The van der Waals surface area contributed by atoms with Crippen LogP contribution >= 0.6 is 0 Å². The number of aliphatic hydroxyl groups is 1. The van der Waals surface area contributed by atoms with E-state index in [0.717, 1.165) is 10.5 Å². The van der Waals surface area contributed by atoms with Crippen LogP contribution in [0.2, 0.25) is 0 Å². The van der Waals surface area contributed by atoms with Crippen molar-refractivity contribution in [3.05, 3.63) is 42.0 Å². The summed E-state index contributed by atoms with van der Waals surface area (Å²) in [7, 11) is 0. The summed E-state index contributed by atoms with van der Waals surface area (Å²) in [6.45, 7) is 0.128. The van der Waals surface area contributed by atoms with Gasteiger partial charge < -0.3 is 9.84 Å². The summed E-state index contributed by atoms with van der Waals surface area (Å²) in [5.74, 6) is -0.744. The van der Waals surface area contributed by atoms with Gasteiger partial charge >= 0.3 is 5.97 Å². The molecule has 1 aromatic rings. The van der Waals surface area contributed by atoms with Gasteiger partial charge in [0, 0.05) is 25.1 Å². The molecule has 6 heteroatoms. The van der Waals surface area contributed by atoms with Crippen molar-refractivity contribution in [1.82, 2.24) is 4.90 Å². The molecule has 0 aliphatic carbocycles. The first-order valence-electron chi connectivity index (χ1n) is 6.54. The van der Waals surface area contributed by atoms with Crippen LogP contribution < -0.4 is 4.74 Å². The molecule has 0 unspecified atom stereocenters. The van der Waals surface area contributed by atoms with Crippen LogP contribution in [0.1, 0.15) is 18.4 Å². The Hall–Kier alpha value is -2.47. The number of imide groups is 1. The average Bonchev–Trinajstić information content (AvgIpc) is 2.80. The van der Waals surface area contributed by atoms with Crippen molar-refractivity contribution in [3.63, 3.8) is 0 Å². The van der Waals surface area contributed by atoms with Crippen molar-refractivity contribution in [2.75, 3.05) is 6.54 Å². The van der Waals surface area contributed by atoms with E-state index in [2.05, 4.69) is 0 Å². The summed E-state index contributed by atoms with van der Waals surface area (Å²) in [5.41, 5.74) is 0.730. The van der Waals surface area contributed by atoms with Crippen molar-refractivity contribution in [3.8, 4) is 5.75 Å². The largest absolute Gasteiger partial charge is 0.427 e. The van der Waals surface area contributed by atoms with E-state index < -0.39 is 5.97 Å². The number of carbonyl (C=O) groups is 3. The van der Waals surface area contributed by atoms with Gasteiger partial charge in [0.1, 0.15) is 5.75 Å². The van der Waals surface area contributed by atoms with Gasteiger partial charge in [-0.2, -0.15) is 0 Å². The molecule has 1 N–H and O–H groups in total. The highest BCUT2D eigenvalue weighted by atomic mass is 16.5. The Morgan fingerprint density at radius 1 is 1.10 bits per heavy atom. The van der Waals surface area contributed by atoms with Crippen LogP contribution in [-0.2, 0) is 21.0 Å². The predicted octanol–water partition coefficient (Wildman–Crippen LogP) is 0.790. The minimum atomic E-state index is -0.432. The number of carbonyl (C=O) groups excluding carboxylic acids is 3. The molecule has 6 nitrogen and oxygen atoms in total. The number of nitrogens with zero attached hydrogens (tertiary/aromatic N) is 1. The summed E-state index contributed by atoms with van der Waals surface area (Å²) in [6, 6.07) is 6.52. The van der Waals surface area contributed by atoms with Gasteiger partial charge in [-0.3, -0.25) is 19.3 Å². The summed E-state index contributed by atoms with van der Waals surface area (Å²) in [5, 5.41) is 8.90. The Morgan fingerprint density at radius 3 is 2.29 bits per heavy atom. The number of hydrogen-bond donors (Lipinski definition) is 1. The molecule has 1 aliphatic rings. The van der Waals surface area contributed by atoms with E-state index in [-0.39, 0.29) is 31.4 Å². The molecular weight excluding hydrogens is 274 g/mol. The van der Waals surface area contributed by atoms with Gasteiger partial charge in [0.2, 0.25) is 0 Å². The van der Waals surface area contributed by atoms with Crippen LogP contribution in [0, 0.1) is 0 Å². The van der Waals surface area contributed by atoms with Gasteiger partial charge in [0.05, 0.1) is 6.61 Å². The summed E-state index contributed by atoms with van der Waals surface area (Å²) in [4.78, 5) is 35.3. The van der Waals surface area contributed by atoms with Crippen LogP contribution in [0.25, 0.3) is 0 Å². The molecule has 1 heterocycles. The SMILES string of the molecule is O=C(CCCN1C(=O)C=CC1=O)Oc1ccc(CO)cc1. The Kier molecular flexibility index (Phi) is 4.84. The third-order valence-electron chi connectivity index (χ3n) is 3.00. The second kappa shape index (κ2) is 6.81. The van der Waals surface area contributed by atoms with E-state index in [0.29, 0.717) is 12.2 Å². The lowest BCUT2D eigenvalue weighted by Gasteiger charge is -2.12. The van der Waals surface area contributed by atoms with Gasteiger partial charge in [0.15, 0.2) is 0 Å². The van der Waals surface area contributed by atoms with Crippen LogP contribution in [0.3, 0.4) is 0 Å². The van der Waals surface area contributed by atoms with E-state index in [9.17, 15) is 14.4 Å². The fourth-order valence-corrected chi connectivity index (χ4v) is 1.88. The van der Waals surface area contributed by atoms with Crippen LogP contribution in [0.15, 0.2) is 36.4 Å². The van der Waals surface area contributed by atoms with Crippen LogP contribution in [-0.4, -0.2) is 34.3 Å². The maximum absolute atomic E-state index is 11.6. The van der Waals surface area contributed by atoms with Crippen molar-refractivity contribution in [1.29, 1.82) is 0 Å². The molecule has 21 heavy (non-hydrogen) atoms. The summed E-state index contributed by atoms with van der Waals surface area (Å²) >= 11 is 0. The molecule has 0 fully saturated rings. The monoisotopic (exact) mass is 289 g/mol. The smallest absolute Gasteiger partial charge is 0.311 e. The highest BCUT2D eigenvalue weighted by Gasteiger charge is 2.22. The first-order valence-corrected chi connectivity index (χ1v) is 6.54. The molecule has 0 bridgehead atoms. The van der Waals surface area contributed by atoms with Crippen LogP contribution in [0.5, 0.6) is 5.75 Å². The highest BCUT2D eigenvalue weighted by Crippen LogP contribution is 2.13. The fraction of sp³-hybridized carbons (Fsp3) is 0.267. The number of rotatable bonds is 6. The zero-order valence-corrected chi connectivity index (χ0v) is 11.3. The molecule has 0 radical (unpaired) electrons. The molecule has 2 rings (SSSR count). The third-order valence-corrected chi connectivity index (χ3v) is 3.00. The zero-order valence-electron chi connectivity index (χ0n) is 11.3. The molecule has 1 aliphatic heterocycles. The molecule has 0 atom stereocenters. The highest BCUT2D eigenvalue weighted by molar-refractivity contribution is 6.12. The minimum Gasteiger partial charge on any atom is -0.427 e. The minimum absolute atomic E-state index is 0.0693. The van der Waals surface area contributed by atoms with Gasteiger partial charge in [-0.15, -0.1) is 0 Å². The quantitative estimate of drug-likeness (QED) is 0.475. The molecule has 0 saturated carbocycles. The lowest BCUT2D eigenvalue weighted by Crippen LogP contribution is -2.31. The molecule has 0 spiro atoms. The maximum Gasteiger partial charge on any atom is 0.311 e. The number of esters is 1. The number of ether oxygens (including phenoxy) is 1. The van der Waals surface area contributed by atoms with Crippen molar-refractivity contribution < 1.29 is 24.2 Å². The standard InChI is InChI=1S/C15H15NO5/c17-10-11-3-5-12(6-4-11)21-15(20)2-1-9-16-13(18)7-8-14(16)19/h3-8,17H,1-2,9-10H2. The van der Waals surface area contributed by atoms with Crippen molar-refractivity contribution in [2.45, 2.75) is 19.4 Å². The van der Waals surface area contributed by atoms with Gasteiger partial charge in [-0.1, -0.05) is 12.1 Å². The molecule has 2 amide bonds. The molecule has 0 saturated heterocycles. The first-order chi connectivity index (χ1) is 10.1. The van der Waals surface area contributed by atoms with E-state index in [1.54, 1.807) is 24.3 Å². The lowest BCUT2D eigenvalue weighted by atomic mass is 10.2. The normalized spacial score (nSPS) is 13.9. The number of amides is 2. The lowest BCUT2D eigenvalue weighted by molar-refractivity contribution is -0.139. The number of aliphatic hydroxyl groups excluding tert-OH is 1. The van der Waals surface area contributed by atoms with Crippen molar-refractivity contribution >= 4 is 17.8 Å². The van der Waals surface area contributed by atoms with E-state index in [1.165, 1.54) is 12.2 Å². The topological polar surface area (TPSA) is 83.9 Å². The summed E-state index contributed by atoms with van der Waals surface area (Å²) < 4.78 is 5.11. The molecule has 110 valence electrons. The van der Waals surface area contributed by atoms with Crippen LogP contribution in [0.4, 0.5) is 0 Å².